The van der Waals surface area contributed by atoms with E-state index >= 15 is 0 Å². The van der Waals surface area contributed by atoms with Crippen LogP contribution >= 0.6 is 11.8 Å². The van der Waals surface area contributed by atoms with Crippen molar-refractivity contribution in [2.75, 3.05) is 18.6 Å². The van der Waals surface area contributed by atoms with Crippen LogP contribution in [0.4, 0.5) is 0 Å². The summed E-state index contributed by atoms with van der Waals surface area (Å²) in [6, 6.07) is 0.399. The van der Waals surface area contributed by atoms with Crippen LogP contribution in [-0.4, -0.2) is 41.3 Å². The first kappa shape index (κ1) is 13.4. The number of carbonyl (C=O) groups excluding carboxylic acids is 2. The zero-order valence-electron chi connectivity index (χ0n) is 9.78. The van der Waals surface area contributed by atoms with Gasteiger partial charge >= 0.3 is 0 Å². The highest BCUT2D eigenvalue weighted by Gasteiger charge is 2.21. The SMILES string of the molecule is CN(C(=O)CSCC(N)=O)C1CCCCC1. The maximum absolute atomic E-state index is 11.8. The topological polar surface area (TPSA) is 63.4 Å². The van der Waals surface area contributed by atoms with Crippen LogP contribution in [-0.2, 0) is 9.59 Å². The third-order valence-electron chi connectivity index (χ3n) is 2.99. The van der Waals surface area contributed by atoms with E-state index in [9.17, 15) is 9.59 Å². The molecular formula is C11H20N2O2S. The Kier molecular flexibility index (Phi) is 5.66. The number of primary amides is 1. The molecule has 0 aromatic heterocycles. The molecule has 1 fully saturated rings. The van der Waals surface area contributed by atoms with Crippen molar-refractivity contribution in [3.63, 3.8) is 0 Å². The molecule has 0 atom stereocenters. The van der Waals surface area contributed by atoms with Gasteiger partial charge in [-0.05, 0) is 12.8 Å². The zero-order valence-corrected chi connectivity index (χ0v) is 10.6. The van der Waals surface area contributed by atoms with Gasteiger partial charge in [0.2, 0.25) is 11.8 Å². The van der Waals surface area contributed by atoms with Crippen LogP contribution in [0.3, 0.4) is 0 Å². The Bertz CT molecular complexity index is 252. The predicted octanol–water partition coefficient (Wildman–Crippen LogP) is 0.996. The first-order valence-electron chi connectivity index (χ1n) is 5.73. The van der Waals surface area contributed by atoms with E-state index in [1.165, 1.54) is 31.0 Å². The van der Waals surface area contributed by atoms with Gasteiger partial charge in [0.25, 0.3) is 0 Å². The largest absolute Gasteiger partial charge is 0.369 e. The van der Waals surface area contributed by atoms with Crippen molar-refractivity contribution in [1.29, 1.82) is 0 Å². The van der Waals surface area contributed by atoms with E-state index in [1.807, 2.05) is 11.9 Å². The number of thioether (sulfide) groups is 1. The van der Waals surface area contributed by atoms with Crippen LogP contribution in [0.5, 0.6) is 0 Å². The van der Waals surface area contributed by atoms with E-state index in [1.54, 1.807) is 0 Å². The standard InChI is InChI=1S/C11H20N2O2S/c1-13(9-5-3-2-4-6-9)11(15)8-16-7-10(12)14/h9H,2-8H2,1H3,(H2,12,14). The minimum Gasteiger partial charge on any atom is -0.369 e. The Hall–Kier alpha value is -0.710. The average Bonchev–Trinajstić information content (AvgIpc) is 2.28. The lowest BCUT2D eigenvalue weighted by Crippen LogP contribution is -2.39. The smallest absolute Gasteiger partial charge is 0.232 e. The predicted molar refractivity (Wildman–Crippen MR) is 66.2 cm³/mol. The van der Waals surface area contributed by atoms with Crippen molar-refractivity contribution in [2.24, 2.45) is 5.73 Å². The summed E-state index contributed by atoms with van der Waals surface area (Å²) in [5, 5.41) is 0. The van der Waals surface area contributed by atoms with Gasteiger partial charge in [-0.15, -0.1) is 11.8 Å². The summed E-state index contributed by atoms with van der Waals surface area (Å²) < 4.78 is 0. The molecule has 0 aromatic rings. The molecule has 0 aromatic carbocycles. The molecule has 2 N–H and O–H groups in total. The van der Waals surface area contributed by atoms with E-state index < -0.39 is 0 Å². The maximum Gasteiger partial charge on any atom is 0.232 e. The monoisotopic (exact) mass is 244 g/mol. The van der Waals surface area contributed by atoms with E-state index in [0.29, 0.717) is 11.8 Å². The highest BCUT2D eigenvalue weighted by Crippen LogP contribution is 2.22. The van der Waals surface area contributed by atoms with Gasteiger partial charge in [0.05, 0.1) is 11.5 Å². The molecule has 0 unspecified atom stereocenters. The lowest BCUT2D eigenvalue weighted by Gasteiger charge is -2.31. The van der Waals surface area contributed by atoms with Gasteiger partial charge < -0.3 is 10.6 Å². The lowest BCUT2D eigenvalue weighted by atomic mass is 9.94. The fraction of sp³-hybridized carbons (Fsp3) is 0.818. The Morgan fingerprint density at radius 3 is 2.44 bits per heavy atom. The molecule has 5 heteroatoms. The van der Waals surface area contributed by atoms with E-state index in [2.05, 4.69) is 0 Å². The van der Waals surface area contributed by atoms with Crippen molar-refractivity contribution < 1.29 is 9.59 Å². The van der Waals surface area contributed by atoms with Crippen LogP contribution in [0.25, 0.3) is 0 Å². The molecule has 92 valence electrons. The Labute approximate surface area is 101 Å². The van der Waals surface area contributed by atoms with Crippen LogP contribution in [0, 0.1) is 0 Å². The average molecular weight is 244 g/mol. The normalized spacial score (nSPS) is 17.1. The molecule has 0 spiro atoms. The number of hydrogen-bond acceptors (Lipinski definition) is 3. The highest BCUT2D eigenvalue weighted by atomic mass is 32.2. The van der Waals surface area contributed by atoms with Crippen LogP contribution in [0.2, 0.25) is 0 Å². The molecule has 4 nitrogen and oxygen atoms in total. The lowest BCUT2D eigenvalue weighted by molar-refractivity contribution is -0.129. The Balaban J connectivity index is 2.26. The number of rotatable bonds is 5. The second-order valence-electron chi connectivity index (χ2n) is 4.26. The molecular weight excluding hydrogens is 224 g/mol. The van der Waals surface area contributed by atoms with Crippen molar-refractivity contribution in [3.8, 4) is 0 Å². The molecule has 0 saturated heterocycles. The summed E-state index contributed by atoms with van der Waals surface area (Å²) in [7, 11) is 1.86. The minimum atomic E-state index is -0.363. The highest BCUT2D eigenvalue weighted by molar-refractivity contribution is 8.00. The first-order chi connectivity index (χ1) is 7.61. The van der Waals surface area contributed by atoms with Crippen molar-refractivity contribution >= 4 is 23.6 Å². The molecule has 2 amide bonds. The van der Waals surface area contributed by atoms with Gasteiger partial charge in [0.15, 0.2) is 0 Å². The molecule has 1 aliphatic carbocycles. The van der Waals surface area contributed by atoms with Crippen molar-refractivity contribution in [1.82, 2.24) is 4.90 Å². The minimum absolute atomic E-state index is 0.109. The second kappa shape index (κ2) is 6.78. The van der Waals surface area contributed by atoms with Crippen molar-refractivity contribution in [3.05, 3.63) is 0 Å². The Morgan fingerprint density at radius 2 is 1.88 bits per heavy atom. The molecule has 1 rings (SSSR count). The number of nitrogens with two attached hydrogens (primary N) is 1. The van der Waals surface area contributed by atoms with Gasteiger partial charge in [-0.25, -0.2) is 0 Å². The molecule has 0 radical (unpaired) electrons. The summed E-state index contributed by atoms with van der Waals surface area (Å²) in [6.07, 6.45) is 5.95. The fourth-order valence-electron chi connectivity index (χ4n) is 2.01. The van der Waals surface area contributed by atoms with Gasteiger partial charge in [-0.3, -0.25) is 9.59 Å². The molecule has 0 aliphatic heterocycles. The summed E-state index contributed by atoms with van der Waals surface area (Å²) >= 11 is 1.30. The number of nitrogens with zero attached hydrogens (tertiary/aromatic N) is 1. The maximum atomic E-state index is 11.8. The van der Waals surface area contributed by atoms with Crippen LogP contribution < -0.4 is 5.73 Å². The van der Waals surface area contributed by atoms with E-state index in [0.717, 1.165) is 12.8 Å². The zero-order chi connectivity index (χ0) is 12.0. The summed E-state index contributed by atoms with van der Waals surface area (Å²) in [4.78, 5) is 24.1. The molecule has 0 bridgehead atoms. The third kappa shape index (κ3) is 4.43. The van der Waals surface area contributed by atoms with Gasteiger partial charge in [0, 0.05) is 13.1 Å². The molecule has 0 heterocycles. The first-order valence-corrected chi connectivity index (χ1v) is 6.88. The quantitative estimate of drug-likeness (QED) is 0.784. The summed E-state index contributed by atoms with van der Waals surface area (Å²) in [5.74, 6) is 0.330. The van der Waals surface area contributed by atoms with Gasteiger partial charge in [0.1, 0.15) is 0 Å². The van der Waals surface area contributed by atoms with Crippen LogP contribution in [0.1, 0.15) is 32.1 Å². The fourth-order valence-corrected chi connectivity index (χ4v) is 2.69. The third-order valence-corrected chi connectivity index (χ3v) is 3.93. The molecule has 1 aliphatic rings. The van der Waals surface area contributed by atoms with E-state index in [4.69, 9.17) is 5.73 Å². The molecule has 16 heavy (non-hydrogen) atoms. The number of hydrogen-bond donors (Lipinski definition) is 1. The van der Waals surface area contributed by atoms with Crippen LogP contribution in [0.15, 0.2) is 0 Å². The summed E-state index contributed by atoms with van der Waals surface area (Å²) in [6.45, 7) is 0. The van der Waals surface area contributed by atoms with Gasteiger partial charge in [-0.2, -0.15) is 0 Å². The number of carbonyl (C=O) groups is 2. The van der Waals surface area contributed by atoms with Gasteiger partial charge in [-0.1, -0.05) is 19.3 Å². The molecule has 1 saturated carbocycles. The van der Waals surface area contributed by atoms with E-state index in [-0.39, 0.29) is 17.6 Å². The Morgan fingerprint density at radius 1 is 1.25 bits per heavy atom. The van der Waals surface area contributed by atoms with Crippen molar-refractivity contribution in [2.45, 2.75) is 38.1 Å². The second-order valence-corrected chi connectivity index (χ2v) is 5.24. The number of amides is 2. The summed E-state index contributed by atoms with van der Waals surface area (Å²) in [5.41, 5.74) is 5.01.